The van der Waals surface area contributed by atoms with Gasteiger partial charge in [0.25, 0.3) is 0 Å². The molecular weight excluding hydrogens is 300 g/mol. The van der Waals surface area contributed by atoms with E-state index in [0.717, 1.165) is 29.4 Å². The number of imidazole rings is 1. The lowest BCUT2D eigenvalue weighted by atomic mass is 10.3. The van der Waals surface area contributed by atoms with E-state index in [-0.39, 0.29) is 5.91 Å². The van der Waals surface area contributed by atoms with Crippen molar-refractivity contribution in [1.29, 1.82) is 0 Å². The lowest BCUT2D eigenvalue weighted by molar-refractivity contribution is -0.120. The minimum atomic E-state index is -0.0121. The zero-order chi connectivity index (χ0) is 15.2. The third-order valence-electron chi connectivity index (χ3n) is 3.10. The molecule has 7 heteroatoms. The highest BCUT2D eigenvalue weighted by atomic mass is 32.1. The minimum absolute atomic E-state index is 0.0121. The van der Waals surface area contributed by atoms with E-state index < -0.39 is 0 Å². The lowest BCUT2D eigenvalue weighted by Crippen LogP contribution is -2.26. The summed E-state index contributed by atoms with van der Waals surface area (Å²) < 4.78 is 7.28. The summed E-state index contributed by atoms with van der Waals surface area (Å²) in [5.41, 5.74) is 0.767. The topological polar surface area (TPSA) is 73.0 Å². The predicted octanol–water partition coefficient (Wildman–Crippen LogP) is 2.35. The smallest absolute Gasteiger partial charge is 0.226 e. The van der Waals surface area contributed by atoms with E-state index in [1.807, 2.05) is 28.3 Å². The van der Waals surface area contributed by atoms with Crippen LogP contribution in [0.1, 0.15) is 12.1 Å². The molecule has 3 rings (SSSR count). The van der Waals surface area contributed by atoms with Crippen molar-refractivity contribution in [1.82, 2.24) is 19.9 Å². The summed E-state index contributed by atoms with van der Waals surface area (Å²) in [4.78, 5) is 20.3. The number of furan rings is 1. The largest absolute Gasteiger partial charge is 0.462 e. The van der Waals surface area contributed by atoms with Crippen molar-refractivity contribution in [2.75, 3.05) is 6.54 Å². The SMILES string of the molecule is O=C(Cc1csc(-c2ccco2)n1)NCCCn1ccnc1. The Labute approximate surface area is 131 Å². The van der Waals surface area contributed by atoms with Crippen LogP contribution in [0.15, 0.2) is 46.9 Å². The molecule has 1 amide bonds. The van der Waals surface area contributed by atoms with Gasteiger partial charge in [-0.3, -0.25) is 4.79 Å². The molecule has 0 bridgehead atoms. The summed E-state index contributed by atoms with van der Waals surface area (Å²) in [7, 11) is 0. The Morgan fingerprint density at radius 2 is 2.41 bits per heavy atom. The third-order valence-corrected chi connectivity index (χ3v) is 4.01. The third kappa shape index (κ3) is 3.82. The Bertz CT molecular complexity index is 704. The molecule has 0 spiro atoms. The van der Waals surface area contributed by atoms with Crippen LogP contribution in [0.3, 0.4) is 0 Å². The Hall–Kier alpha value is -2.41. The average molecular weight is 316 g/mol. The van der Waals surface area contributed by atoms with E-state index in [1.165, 1.54) is 11.3 Å². The van der Waals surface area contributed by atoms with Crippen LogP contribution in [-0.4, -0.2) is 27.0 Å². The van der Waals surface area contributed by atoms with Crippen molar-refractivity contribution in [2.45, 2.75) is 19.4 Å². The number of carbonyl (C=O) groups is 1. The summed E-state index contributed by atoms with van der Waals surface area (Å²) in [6.45, 7) is 1.49. The normalized spacial score (nSPS) is 10.7. The Morgan fingerprint density at radius 3 is 3.18 bits per heavy atom. The second-order valence-electron chi connectivity index (χ2n) is 4.80. The van der Waals surface area contributed by atoms with Gasteiger partial charge < -0.3 is 14.3 Å². The van der Waals surface area contributed by atoms with E-state index in [4.69, 9.17) is 4.42 Å². The first-order valence-corrected chi connectivity index (χ1v) is 7.90. The molecule has 0 saturated heterocycles. The average Bonchev–Trinajstić information content (AvgIpc) is 3.24. The van der Waals surface area contributed by atoms with Crippen molar-refractivity contribution in [2.24, 2.45) is 0 Å². The molecule has 6 nitrogen and oxygen atoms in total. The predicted molar refractivity (Wildman–Crippen MR) is 83.4 cm³/mol. The van der Waals surface area contributed by atoms with E-state index in [1.54, 1.807) is 18.8 Å². The number of amides is 1. The maximum absolute atomic E-state index is 11.9. The van der Waals surface area contributed by atoms with Crippen molar-refractivity contribution in [3.8, 4) is 10.8 Å². The molecule has 114 valence electrons. The highest BCUT2D eigenvalue weighted by molar-refractivity contribution is 7.13. The van der Waals surface area contributed by atoms with E-state index in [9.17, 15) is 4.79 Å². The molecule has 1 N–H and O–H groups in total. The van der Waals surface area contributed by atoms with Crippen LogP contribution in [0.4, 0.5) is 0 Å². The van der Waals surface area contributed by atoms with Gasteiger partial charge in [0, 0.05) is 30.9 Å². The van der Waals surface area contributed by atoms with Crippen molar-refractivity contribution >= 4 is 17.2 Å². The Balaban J connectivity index is 1.42. The molecule has 0 aromatic carbocycles. The monoisotopic (exact) mass is 316 g/mol. The number of hydrogen-bond donors (Lipinski definition) is 1. The molecule has 22 heavy (non-hydrogen) atoms. The number of nitrogens with zero attached hydrogens (tertiary/aromatic N) is 3. The molecule has 0 fully saturated rings. The molecule has 0 unspecified atom stereocenters. The molecule has 3 aromatic rings. The van der Waals surface area contributed by atoms with E-state index in [2.05, 4.69) is 15.3 Å². The summed E-state index contributed by atoms with van der Waals surface area (Å²) in [6.07, 6.45) is 8.21. The first-order valence-electron chi connectivity index (χ1n) is 7.02. The fraction of sp³-hybridized carbons (Fsp3) is 0.267. The number of carbonyl (C=O) groups excluding carboxylic acids is 1. The van der Waals surface area contributed by atoms with Gasteiger partial charge in [-0.05, 0) is 18.6 Å². The first-order chi connectivity index (χ1) is 10.8. The Kier molecular flexibility index (Phi) is 4.65. The zero-order valence-electron chi connectivity index (χ0n) is 11.9. The van der Waals surface area contributed by atoms with Crippen LogP contribution in [0.25, 0.3) is 10.8 Å². The van der Waals surface area contributed by atoms with Gasteiger partial charge in [-0.1, -0.05) is 0 Å². The van der Waals surface area contributed by atoms with Crippen molar-refractivity contribution < 1.29 is 9.21 Å². The summed E-state index contributed by atoms with van der Waals surface area (Å²) in [6, 6.07) is 3.68. The molecule has 0 aliphatic rings. The van der Waals surface area contributed by atoms with Crippen molar-refractivity contribution in [3.63, 3.8) is 0 Å². The second-order valence-corrected chi connectivity index (χ2v) is 5.66. The molecule has 0 radical (unpaired) electrons. The summed E-state index contributed by atoms with van der Waals surface area (Å²) in [5.74, 6) is 0.721. The molecule has 0 atom stereocenters. The maximum Gasteiger partial charge on any atom is 0.226 e. The second kappa shape index (κ2) is 7.04. The number of rotatable bonds is 7. The van der Waals surface area contributed by atoms with Gasteiger partial charge in [0.2, 0.25) is 5.91 Å². The summed E-state index contributed by atoms with van der Waals surface area (Å²) in [5, 5.41) is 5.60. The first kappa shape index (κ1) is 14.5. The number of hydrogen-bond acceptors (Lipinski definition) is 5. The number of aryl methyl sites for hydroxylation is 1. The van der Waals surface area contributed by atoms with Gasteiger partial charge in [-0.25, -0.2) is 9.97 Å². The number of thiazole rings is 1. The van der Waals surface area contributed by atoms with Gasteiger partial charge in [0.05, 0.1) is 24.7 Å². The van der Waals surface area contributed by atoms with Crippen LogP contribution in [0, 0.1) is 0 Å². The molecule has 3 aromatic heterocycles. The highest BCUT2D eigenvalue weighted by Gasteiger charge is 2.10. The van der Waals surface area contributed by atoms with Gasteiger partial charge in [-0.15, -0.1) is 11.3 Å². The van der Waals surface area contributed by atoms with E-state index in [0.29, 0.717) is 13.0 Å². The van der Waals surface area contributed by atoms with Crippen LogP contribution in [0.2, 0.25) is 0 Å². The molecular formula is C15H16N4O2S. The number of aromatic nitrogens is 3. The zero-order valence-corrected chi connectivity index (χ0v) is 12.8. The van der Waals surface area contributed by atoms with Gasteiger partial charge in [-0.2, -0.15) is 0 Å². The molecule has 0 saturated carbocycles. The highest BCUT2D eigenvalue weighted by Crippen LogP contribution is 2.23. The van der Waals surface area contributed by atoms with Gasteiger partial charge >= 0.3 is 0 Å². The molecule has 3 heterocycles. The lowest BCUT2D eigenvalue weighted by Gasteiger charge is -2.04. The van der Waals surface area contributed by atoms with Gasteiger partial charge in [0.15, 0.2) is 10.8 Å². The summed E-state index contributed by atoms with van der Waals surface area (Å²) >= 11 is 1.48. The van der Waals surface area contributed by atoms with Crippen molar-refractivity contribution in [3.05, 3.63) is 48.2 Å². The van der Waals surface area contributed by atoms with Crippen LogP contribution in [0.5, 0.6) is 0 Å². The van der Waals surface area contributed by atoms with Crippen LogP contribution in [-0.2, 0) is 17.8 Å². The fourth-order valence-corrected chi connectivity index (χ4v) is 2.82. The van der Waals surface area contributed by atoms with E-state index >= 15 is 0 Å². The van der Waals surface area contributed by atoms with Crippen LogP contribution >= 0.6 is 11.3 Å². The molecule has 0 aliphatic heterocycles. The quantitative estimate of drug-likeness (QED) is 0.679. The maximum atomic E-state index is 11.9. The standard InChI is InChI=1S/C15H16N4O2S/c20-14(17-4-2-6-19-7-5-16-11-19)9-12-10-22-15(18-12)13-3-1-8-21-13/h1,3,5,7-8,10-11H,2,4,6,9H2,(H,17,20). The number of nitrogens with one attached hydrogen (secondary N) is 1. The Morgan fingerprint density at radius 1 is 1.45 bits per heavy atom. The minimum Gasteiger partial charge on any atom is -0.462 e. The fourth-order valence-electron chi connectivity index (χ4n) is 2.04. The molecule has 0 aliphatic carbocycles. The van der Waals surface area contributed by atoms with Crippen LogP contribution < -0.4 is 5.32 Å². The van der Waals surface area contributed by atoms with Gasteiger partial charge in [0.1, 0.15) is 0 Å².